The average Bonchev–Trinajstić information content (AvgIpc) is 2.76. The van der Waals surface area contributed by atoms with Crippen LogP contribution in [-0.4, -0.2) is 71.4 Å². The van der Waals surface area contributed by atoms with Crippen LogP contribution in [0.1, 0.15) is 24.0 Å². The third kappa shape index (κ3) is 6.06. The first-order valence-corrected chi connectivity index (χ1v) is 14.2. The molecule has 0 radical (unpaired) electrons. The molecule has 1 heterocycles. The van der Waals surface area contributed by atoms with Gasteiger partial charge in [0.15, 0.2) is 0 Å². The summed E-state index contributed by atoms with van der Waals surface area (Å²) in [5.41, 5.74) is 1.64. The third-order valence-corrected chi connectivity index (χ3v) is 9.06. The molecule has 4 rings (SSSR count). The molecular weight excluding hydrogens is 510 g/mol. The maximum Gasteiger partial charge on any atom is 0.407 e. The van der Waals surface area contributed by atoms with Gasteiger partial charge in [-0.1, -0.05) is 35.4 Å². The third-order valence-electron chi connectivity index (χ3n) is 6.47. The number of likely N-dealkylation sites (tertiary alicyclic amines) is 1. The topological polar surface area (TPSA) is 137 Å². The molecule has 10 nitrogen and oxygen atoms in total. The highest BCUT2D eigenvalue weighted by Crippen LogP contribution is 2.49. The first-order chi connectivity index (χ1) is 16.9. The van der Waals surface area contributed by atoms with E-state index in [9.17, 15) is 21.6 Å². The summed E-state index contributed by atoms with van der Waals surface area (Å²) in [4.78, 5) is 12.3. The van der Waals surface area contributed by atoms with Gasteiger partial charge in [-0.3, -0.25) is 8.37 Å². The Morgan fingerprint density at radius 1 is 0.889 bits per heavy atom. The van der Waals surface area contributed by atoms with E-state index < -0.39 is 45.6 Å². The fraction of sp³-hybridized carbons (Fsp3) is 0.458. The fourth-order valence-electron chi connectivity index (χ4n) is 4.43. The minimum atomic E-state index is -4.10. The Kier molecular flexibility index (Phi) is 7.45. The van der Waals surface area contributed by atoms with Crippen LogP contribution in [0.3, 0.4) is 0 Å². The van der Waals surface area contributed by atoms with Crippen molar-refractivity contribution in [2.75, 3.05) is 26.3 Å². The first kappa shape index (κ1) is 26.6. The summed E-state index contributed by atoms with van der Waals surface area (Å²) in [7, 11) is -8.19. The lowest BCUT2D eigenvalue weighted by Crippen LogP contribution is -2.65. The van der Waals surface area contributed by atoms with E-state index in [2.05, 4.69) is 0 Å². The Hall–Kier alpha value is -2.51. The van der Waals surface area contributed by atoms with Crippen molar-refractivity contribution in [2.24, 2.45) is 5.41 Å². The van der Waals surface area contributed by atoms with Crippen molar-refractivity contribution in [1.29, 1.82) is 0 Å². The van der Waals surface area contributed by atoms with Crippen LogP contribution >= 0.6 is 0 Å². The van der Waals surface area contributed by atoms with Crippen LogP contribution in [0.25, 0.3) is 0 Å². The molecule has 1 saturated heterocycles. The van der Waals surface area contributed by atoms with Crippen molar-refractivity contribution in [3.8, 4) is 0 Å². The number of carbonyl (C=O) groups is 1. The minimum Gasteiger partial charge on any atom is -0.465 e. The van der Waals surface area contributed by atoms with E-state index >= 15 is 0 Å². The number of ether oxygens (including phenoxy) is 1. The molecule has 2 aromatic rings. The number of carboxylic acid groups (broad SMARTS) is 1. The molecule has 1 N–H and O–H groups in total. The lowest BCUT2D eigenvalue weighted by molar-refractivity contribution is -0.169. The van der Waals surface area contributed by atoms with Gasteiger partial charge in [-0.25, -0.2) is 4.79 Å². The zero-order valence-corrected chi connectivity index (χ0v) is 21.6. The molecule has 36 heavy (non-hydrogen) atoms. The van der Waals surface area contributed by atoms with Crippen molar-refractivity contribution >= 4 is 26.3 Å². The zero-order chi connectivity index (χ0) is 26.1. The van der Waals surface area contributed by atoms with E-state index in [1.165, 1.54) is 29.2 Å². The van der Waals surface area contributed by atoms with Crippen molar-refractivity contribution in [3.63, 3.8) is 0 Å². The monoisotopic (exact) mass is 539 g/mol. The standard InChI is InChI=1S/C24H29NO9S2/c1-17-3-7-21(8-4-17)35(28,29)32-13-20(14-33-36(30,31)22-9-5-18(2)6-10-22)34-19-11-24(12-19)15-25(16-24)23(26)27/h3-10,19-20H,11-16H2,1-2H3,(H,26,27). The summed E-state index contributed by atoms with van der Waals surface area (Å²) < 4.78 is 66.9. The number of aryl methyl sites for hydroxylation is 2. The summed E-state index contributed by atoms with van der Waals surface area (Å²) in [5, 5.41) is 9.05. The Morgan fingerprint density at radius 3 is 1.69 bits per heavy atom. The number of benzene rings is 2. The summed E-state index contributed by atoms with van der Waals surface area (Å²) in [6.45, 7) is 3.62. The van der Waals surface area contributed by atoms with Gasteiger partial charge in [-0.2, -0.15) is 16.8 Å². The van der Waals surface area contributed by atoms with Crippen LogP contribution in [0.15, 0.2) is 58.3 Å². The lowest BCUT2D eigenvalue weighted by Gasteiger charge is -2.58. The van der Waals surface area contributed by atoms with E-state index in [1.54, 1.807) is 24.3 Å². The minimum absolute atomic E-state index is 0.0223. The summed E-state index contributed by atoms with van der Waals surface area (Å²) in [5.74, 6) is 0. The van der Waals surface area contributed by atoms with Crippen molar-refractivity contribution in [3.05, 3.63) is 59.7 Å². The summed E-state index contributed by atoms with van der Waals surface area (Å²) in [6, 6.07) is 12.3. The van der Waals surface area contributed by atoms with Crippen LogP contribution in [0.4, 0.5) is 4.79 Å². The van der Waals surface area contributed by atoms with Gasteiger partial charge in [-0.15, -0.1) is 0 Å². The Balaban J connectivity index is 1.40. The summed E-state index contributed by atoms with van der Waals surface area (Å²) in [6.07, 6.45) is -1.07. The number of hydrogen-bond donors (Lipinski definition) is 1. The Bertz CT molecular complexity index is 1210. The molecule has 2 aromatic carbocycles. The number of amides is 1. The molecule has 12 heteroatoms. The molecule has 0 aromatic heterocycles. The molecule has 1 aliphatic heterocycles. The average molecular weight is 540 g/mol. The van der Waals surface area contributed by atoms with E-state index in [1.807, 2.05) is 13.8 Å². The van der Waals surface area contributed by atoms with Crippen molar-refractivity contribution < 1.29 is 39.8 Å². The molecule has 2 aliphatic rings. The molecule has 1 spiro atoms. The lowest BCUT2D eigenvalue weighted by atomic mass is 9.62. The molecule has 1 amide bonds. The Labute approximate surface area is 211 Å². The largest absolute Gasteiger partial charge is 0.465 e. The number of rotatable bonds is 10. The second-order valence-corrected chi connectivity index (χ2v) is 12.8. The molecule has 1 aliphatic carbocycles. The molecule has 2 fully saturated rings. The van der Waals surface area contributed by atoms with E-state index in [4.69, 9.17) is 18.2 Å². The van der Waals surface area contributed by atoms with Crippen LogP contribution in [0.2, 0.25) is 0 Å². The summed E-state index contributed by atoms with van der Waals surface area (Å²) >= 11 is 0. The van der Waals surface area contributed by atoms with Gasteiger partial charge in [0, 0.05) is 18.5 Å². The van der Waals surface area contributed by atoms with Gasteiger partial charge < -0.3 is 14.7 Å². The first-order valence-electron chi connectivity index (χ1n) is 11.4. The predicted molar refractivity (Wildman–Crippen MR) is 129 cm³/mol. The molecule has 196 valence electrons. The highest BCUT2D eigenvalue weighted by Gasteiger charge is 2.54. The maximum absolute atomic E-state index is 12.6. The van der Waals surface area contributed by atoms with Gasteiger partial charge in [0.25, 0.3) is 20.2 Å². The van der Waals surface area contributed by atoms with E-state index in [-0.39, 0.29) is 21.3 Å². The smallest absolute Gasteiger partial charge is 0.407 e. The van der Waals surface area contributed by atoms with Crippen LogP contribution in [-0.2, 0) is 33.3 Å². The van der Waals surface area contributed by atoms with Gasteiger partial charge >= 0.3 is 6.09 Å². The van der Waals surface area contributed by atoms with Crippen LogP contribution < -0.4 is 0 Å². The SMILES string of the molecule is Cc1ccc(S(=O)(=O)OCC(COS(=O)(=O)c2ccc(C)cc2)OC2CC3(C2)CN(C(=O)O)C3)cc1. The van der Waals surface area contributed by atoms with E-state index in [0.29, 0.717) is 25.9 Å². The molecule has 1 saturated carbocycles. The van der Waals surface area contributed by atoms with Crippen LogP contribution in [0.5, 0.6) is 0 Å². The fourth-order valence-corrected chi connectivity index (χ4v) is 6.31. The second kappa shape index (κ2) is 10.1. The molecule has 0 atom stereocenters. The highest BCUT2D eigenvalue weighted by atomic mass is 32.2. The molecule has 0 unspecified atom stereocenters. The van der Waals surface area contributed by atoms with Crippen molar-refractivity contribution in [2.45, 2.75) is 48.7 Å². The highest BCUT2D eigenvalue weighted by molar-refractivity contribution is 7.87. The van der Waals surface area contributed by atoms with E-state index in [0.717, 1.165) is 11.1 Å². The number of nitrogens with zero attached hydrogens (tertiary/aromatic N) is 1. The van der Waals surface area contributed by atoms with Gasteiger partial charge in [-0.05, 0) is 51.0 Å². The quantitative estimate of drug-likeness (QED) is 0.452. The van der Waals surface area contributed by atoms with Gasteiger partial charge in [0.05, 0.1) is 29.1 Å². The second-order valence-electron chi connectivity index (χ2n) is 9.53. The van der Waals surface area contributed by atoms with Crippen molar-refractivity contribution in [1.82, 2.24) is 4.90 Å². The zero-order valence-electron chi connectivity index (χ0n) is 20.0. The predicted octanol–water partition coefficient (Wildman–Crippen LogP) is 2.94. The van der Waals surface area contributed by atoms with Crippen LogP contribution in [0, 0.1) is 19.3 Å². The Morgan fingerprint density at radius 2 is 1.31 bits per heavy atom. The normalized spacial score (nSPS) is 17.7. The number of hydrogen-bond acceptors (Lipinski definition) is 8. The van der Waals surface area contributed by atoms with Gasteiger partial charge in [0.2, 0.25) is 0 Å². The molecule has 0 bridgehead atoms. The maximum atomic E-state index is 12.6. The van der Waals surface area contributed by atoms with Gasteiger partial charge in [0.1, 0.15) is 6.10 Å². The molecular formula is C24H29NO9S2.